The van der Waals surface area contributed by atoms with Gasteiger partial charge >= 0.3 is 5.97 Å². The molecule has 0 radical (unpaired) electrons. The molecule has 0 bridgehead atoms. The zero-order valence-electron chi connectivity index (χ0n) is 15.7. The van der Waals surface area contributed by atoms with Gasteiger partial charge in [-0.05, 0) is 35.4 Å². The molecule has 1 amide bonds. The molecule has 0 saturated carbocycles. The van der Waals surface area contributed by atoms with E-state index in [2.05, 4.69) is 0 Å². The average Bonchev–Trinajstić information content (AvgIpc) is 2.72. The molecule has 0 aliphatic rings. The lowest BCUT2D eigenvalue weighted by Crippen LogP contribution is -2.31. The molecule has 0 aromatic heterocycles. The zero-order chi connectivity index (χ0) is 20.1. The number of phenols is 1. The predicted octanol–water partition coefficient (Wildman–Crippen LogP) is 4.05. The molecule has 28 heavy (non-hydrogen) atoms. The molecular weight excluding hydrogens is 354 g/mol. The highest BCUT2D eigenvalue weighted by molar-refractivity contribution is 5.93. The number of rotatable bonds is 5. The third-order valence-corrected chi connectivity index (χ3v) is 4.31. The highest BCUT2D eigenvalue weighted by Crippen LogP contribution is 2.24. The molecule has 3 aromatic carbocycles. The maximum absolute atomic E-state index is 12.6. The predicted molar refractivity (Wildman–Crippen MR) is 107 cm³/mol. The summed E-state index contributed by atoms with van der Waals surface area (Å²) in [5.74, 6) is -0.678. The molecule has 0 aliphatic carbocycles. The van der Waals surface area contributed by atoms with Crippen LogP contribution in [0, 0.1) is 0 Å². The number of amides is 1. The molecule has 3 rings (SSSR count). The van der Waals surface area contributed by atoms with Crippen molar-refractivity contribution in [3.05, 3.63) is 90.0 Å². The van der Waals surface area contributed by atoms with Crippen molar-refractivity contribution in [2.45, 2.75) is 6.10 Å². The van der Waals surface area contributed by atoms with Crippen molar-refractivity contribution in [3.8, 4) is 16.9 Å². The number of nitrogens with zero attached hydrogens (tertiary/aromatic N) is 1. The van der Waals surface area contributed by atoms with Gasteiger partial charge in [-0.2, -0.15) is 0 Å². The minimum Gasteiger partial charge on any atom is -0.508 e. The topological polar surface area (TPSA) is 66.8 Å². The lowest BCUT2D eigenvalue weighted by atomic mass is 10.0. The van der Waals surface area contributed by atoms with E-state index in [9.17, 15) is 14.7 Å². The summed E-state index contributed by atoms with van der Waals surface area (Å²) in [6.07, 6.45) is -1.000. The summed E-state index contributed by atoms with van der Waals surface area (Å²) in [5.41, 5.74) is 2.80. The molecule has 142 valence electrons. The molecule has 1 atom stereocenters. The van der Waals surface area contributed by atoms with Gasteiger partial charge in [-0.25, -0.2) is 4.79 Å². The molecule has 5 heteroatoms. The molecule has 0 aliphatic heterocycles. The summed E-state index contributed by atoms with van der Waals surface area (Å²) in [7, 11) is 3.25. The van der Waals surface area contributed by atoms with Crippen molar-refractivity contribution < 1.29 is 19.4 Å². The Labute approximate surface area is 163 Å². The van der Waals surface area contributed by atoms with Crippen LogP contribution in [-0.4, -0.2) is 36.0 Å². The van der Waals surface area contributed by atoms with E-state index in [1.165, 1.54) is 4.90 Å². The lowest BCUT2D eigenvalue weighted by molar-refractivity contribution is -0.138. The number of ether oxygens (including phenoxy) is 1. The van der Waals surface area contributed by atoms with Gasteiger partial charge in [-0.15, -0.1) is 0 Å². The number of esters is 1. The summed E-state index contributed by atoms with van der Waals surface area (Å²) in [6, 6.07) is 22.7. The van der Waals surface area contributed by atoms with Gasteiger partial charge in [0, 0.05) is 19.7 Å². The van der Waals surface area contributed by atoms with Crippen LogP contribution in [0.5, 0.6) is 5.75 Å². The van der Waals surface area contributed by atoms with Gasteiger partial charge < -0.3 is 14.7 Å². The molecule has 3 aromatic rings. The van der Waals surface area contributed by atoms with Gasteiger partial charge in [0.2, 0.25) is 6.10 Å². The molecule has 0 saturated heterocycles. The quantitative estimate of drug-likeness (QED) is 0.684. The first-order chi connectivity index (χ1) is 13.5. The first-order valence-electron chi connectivity index (χ1n) is 8.82. The second-order valence-corrected chi connectivity index (χ2v) is 6.55. The van der Waals surface area contributed by atoms with Gasteiger partial charge in [0.15, 0.2) is 0 Å². The third-order valence-electron chi connectivity index (χ3n) is 4.31. The molecule has 0 fully saturated rings. The van der Waals surface area contributed by atoms with Gasteiger partial charge in [-0.1, -0.05) is 54.6 Å². The highest BCUT2D eigenvalue weighted by atomic mass is 16.5. The van der Waals surface area contributed by atoms with E-state index in [0.29, 0.717) is 11.1 Å². The largest absolute Gasteiger partial charge is 0.508 e. The standard InChI is InChI=1S/C23H21NO4/c1-24(2)22(26)21(18-6-4-3-5-7-18)28-23(27)19-10-8-16(9-11-19)17-12-14-20(25)15-13-17/h3-15,21,25H,1-2H3/t21-/m0/s1. The van der Waals surface area contributed by atoms with Crippen molar-refractivity contribution in [1.82, 2.24) is 4.90 Å². The van der Waals surface area contributed by atoms with E-state index in [4.69, 9.17) is 4.74 Å². The summed E-state index contributed by atoms with van der Waals surface area (Å²) in [6.45, 7) is 0. The Morgan fingerprint density at radius 1 is 0.821 bits per heavy atom. The first kappa shape index (κ1) is 19.2. The van der Waals surface area contributed by atoms with Crippen LogP contribution in [0.15, 0.2) is 78.9 Å². The van der Waals surface area contributed by atoms with Crippen LogP contribution >= 0.6 is 0 Å². The fraction of sp³-hybridized carbons (Fsp3) is 0.130. The number of likely N-dealkylation sites (N-methyl/N-ethyl adjacent to an activating group) is 1. The summed E-state index contributed by atoms with van der Waals surface area (Å²) < 4.78 is 5.54. The average molecular weight is 375 g/mol. The van der Waals surface area contributed by atoms with Crippen molar-refractivity contribution in [1.29, 1.82) is 0 Å². The van der Waals surface area contributed by atoms with E-state index < -0.39 is 12.1 Å². The maximum atomic E-state index is 12.6. The second kappa shape index (κ2) is 8.39. The van der Waals surface area contributed by atoms with Crippen molar-refractivity contribution in [2.24, 2.45) is 0 Å². The molecule has 5 nitrogen and oxygen atoms in total. The monoisotopic (exact) mass is 375 g/mol. The van der Waals surface area contributed by atoms with E-state index >= 15 is 0 Å². The normalized spacial score (nSPS) is 11.5. The summed E-state index contributed by atoms with van der Waals surface area (Å²) in [5, 5.41) is 9.39. The zero-order valence-corrected chi connectivity index (χ0v) is 15.7. The van der Waals surface area contributed by atoms with Crippen LogP contribution in [0.3, 0.4) is 0 Å². The van der Waals surface area contributed by atoms with Crippen molar-refractivity contribution in [2.75, 3.05) is 14.1 Å². The number of aromatic hydroxyl groups is 1. The van der Waals surface area contributed by atoms with Crippen LogP contribution in [0.25, 0.3) is 11.1 Å². The number of benzene rings is 3. The van der Waals surface area contributed by atoms with Gasteiger partial charge in [-0.3, -0.25) is 4.79 Å². The molecule has 1 N–H and O–H groups in total. The minimum atomic E-state index is -1.000. The molecule has 0 heterocycles. The van der Waals surface area contributed by atoms with E-state index in [-0.39, 0.29) is 11.7 Å². The number of hydrogen-bond acceptors (Lipinski definition) is 4. The Morgan fingerprint density at radius 3 is 1.89 bits per heavy atom. The second-order valence-electron chi connectivity index (χ2n) is 6.55. The van der Waals surface area contributed by atoms with Crippen LogP contribution in [-0.2, 0) is 9.53 Å². The van der Waals surface area contributed by atoms with E-state index in [1.54, 1.807) is 86.9 Å². The number of carbonyl (C=O) groups excluding carboxylic acids is 2. The molecule has 0 unspecified atom stereocenters. The van der Waals surface area contributed by atoms with Gasteiger partial charge in [0.25, 0.3) is 5.91 Å². The van der Waals surface area contributed by atoms with E-state index in [0.717, 1.165) is 11.1 Å². The van der Waals surface area contributed by atoms with Crippen LogP contribution in [0.1, 0.15) is 22.0 Å². The Hall–Kier alpha value is -3.60. The Kier molecular flexibility index (Phi) is 5.75. The number of carbonyl (C=O) groups is 2. The number of phenolic OH excluding ortho intramolecular Hbond substituents is 1. The van der Waals surface area contributed by atoms with Crippen molar-refractivity contribution in [3.63, 3.8) is 0 Å². The summed E-state index contributed by atoms with van der Waals surface area (Å²) in [4.78, 5) is 26.5. The van der Waals surface area contributed by atoms with Gasteiger partial charge in [0.1, 0.15) is 5.75 Å². The van der Waals surface area contributed by atoms with Crippen LogP contribution < -0.4 is 0 Å². The van der Waals surface area contributed by atoms with Crippen LogP contribution in [0.2, 0.25) is 0 Å². The van der Waals surface area contributed by atoms with Gasteiger partial charge in [0.05, 0.1) is 5.56 Å². The fourth-order valence-electron chi connectivity index (χ4n) is 2.75. The molecule has 0 spiro atoms. The van der Waals surface area contributed by atoms with E-state index in [1.807, 2.05) is 6.07 Å². The Morgan fingerprint density at radius 2 is 1.36 bits per heavy atom. The lowest BCUT2D eigenvalue weighted by Gasteiger charge is -2.21. The maximum Gasteiger partial charge on any atom is 0.339 e. The first-order valence-corrected chi connectivity index (χ1v) is 8.82. The Balaban J connectivity index is 1.80. The van der Waals surface area contributed by atoms with Crippen LogP contribution in [0.4, 0.5) is 0 Å². The number of hydrogen-bond donors (Lipinski definition) is 1. The Bertz CT molecular complexity index is 948. The van der Waals surface area contributed by atoms with Crippen molar-refractivity contribution >= 4 is 11.9 Å². The highest BCUT2D eigenvalue weighted by Gasteiger charge is 2.26. The smallest absolute Gasteiger partial charge is 0.339 e. The SMILES string of the molecule is CN(C)C(=O)[C@@H](OC(=O)c1ccc(-c2ccc(O)cc2)cc1)c1ccccc1. The minimum absolute atomic E-state index is 0.196. The molecular formula is C23H21NO4. The summed E-state index contributed by atoms with van der Waals surface area (Å²) >= 11 is 0. The third kappa shape index (κ3) is 4.38. The fourth-order valence-corrected chi connectivity index (χ4v) is 2.75.